The topological polar surface area (TPSA) is 224 Å². The fourth-order valence-electron chi connectivity index (χ4n) is 11.8. The highest BCUT2D eigenvalue weighted by Gasteiger charge is 2.70. The molecule has 0 radical (unpaired) electrons. The number of guanidine groups is 1. The van der Waals surface area contributed by atoms with E-state index in [0.29, 0.717) is 44.1 Å². The maximum Gasteiger partial charge on any atom is 0.331 e. The van der Waals surface area contributed by atoms with Crippen molar-refractivity contribution in [3.8, 4) is 0 Å². The number of carbonyl (C=O) groups is 4. The van der Waals surface area contributed by atoms with E-state index in [1.165, 1.54) is 6.08 Å². The van der Waals surface area contributed by atoms with Gasteiger partial charge in [-0.15, -0.1) is 0 Å². The largest absolute Gasteiger partial charge is 0.480 e. The molecule has 1 amide bonds. The average Bonchev–Trinajstić information content (AvgIpc) is 3.65. The second kappa shape index (κ2) is 19.5. The molecule has 0 saturated heterocycles. The van der Waals surface area contributed by atoms with Gasteiger partial charge in [-0.1, -0.05) is 65.2 Å². The van der Waals surface area contributed by atoms with Gasteiger partial charge in [-0.05, 0) is 99.4 Å². The molecule has 10 atom stereocenters. The molecule has 4 saturated carbocycles. The molecule has 316 valence electrons. The van der Waals surface area contributed by atoms with Crippen molar-refractivity contribution in [1.82, 2.24) is 5.32 Å². The van der Waals surface area contributed by atoms with Crippen LogP contribution in [-0.2, 0) is 28.7 Å². The van der Waals surface area contributed by atoms with Crippen LogP contribution in [0.1, 0.15) is 155 Å². The Labute approximate surface area is 333 Å². The van der Waals surface area contributed by atoms with E-state index < -0.39 is 29.1 Å². The van der Waals surface area contributed by atoms with Gasteiger partial charge in [-0.3, -0.25) is 14.6 Å². The monoisotopic (exact) mass is 787 g/mol. The highest BCUT2D eigenvalue weighted by atomic mass is 16.5. The molecule has 13 heteroatoms. The van der Waals surface area contributed by atoms with E-state index in [2.05, 4.69) is 24.2 Å². The Morgan fingerprint density at radius 3 is 2.21 bits per heavy atom. The van der Waals surface area contributed by atoms with E-state index in [9.17, 15) is 34.5 Å². The normalized spacial score (nSPS) is 33.9. The lowest BCUT2D eigenvalue weighted by molar-refractivity contribution is -0.210. The molecule has 0 unspecified atom stereocenters. The zero-order valence-electron chi connectivity index (χ0n) is 34.0. The highest BCUT2D eigenvalue weighted by Crippen LogP contribution is 2.70. The lowest BCUT2D eigenvalue weighted by Gasteiger charge is -2.63. The summed E-state index contributed by atoms with van der Waals surface area (Å²) in [4.78, 5) is 52.2. The smallest absolute Gasteiger partial charge is 0.331 e. The number of aliphatic hydroxyl groups excluding tert-OH is 1. The van der Waals surface area contributed by atoms with Crippen molar-refractivity contribution < 1.29 is 44.0 Å². The average molecular weight is 787 g/mol. The van der Waals surface area contributed by atoms with E-state index in [1.54, 1.807) is 0 Å². The molecule has 5 rings (SSSR count). The first kappa shape index (κ1) is 43.9. The number of hydrogen-bond acceptors (Lipinski definition) is 9. The first-order valence-corrected chi connectivity index (χ1v) is 21.7. The van der Waals surface area contributed by atoms with E-state index in [1.807, 2.05) is 0 Å². The molecule has 5 aliphatic rings. The Hall–Kier alpha value is -3.19. The molecule has 1 heterocycles. The molecule has 1 aliphatic heterocycles. The lowest BCUT2D eigenvalue weighted by atomic mass is 9.43. The summed E-state index contributed by atoms with van der Waals surface area (Å²) in [5.41, 5.74) is 9.98. The summed E-state index contributed by atoms with van der Waals surface area (Å²) in [6.45, 7) is 5.06. The van der Waals surface area contributed by atoms with Crippen LogP contribution in [-0.4, -0.2) is 82.1 Å². The van der Waals surface area contributed by atoms with Crippen molar-refractivity contribution in [2.24, 2.45) is 51.0 Å². The number of cyclic esters (lactones) is 1. The molecule has 0 aromatic heterocycles. The zero-order valence-corrected chi connectivity index (χ0v) is 34.0. The third kappa shape index (κ3) is 10.3. The molecule has 0 spiro atoms. The van der Waals surface area contributed by atoms with Gasteiger partial charge in [-0.2, -0.15) is 0 Å². The number of aliphatic carboxylic acids is 1. The van der Waals surface area contributed by atoms with Gasteiger partial charge in [0.1, 0.15) is 18.8 Å². The maximum absolute atomic E-state index is 12.9. The van der Waals surface area contributed by atoms with Crippen molar-refractivity contribution in [3.05, 3.63) is 11.6 Å². The Balaban J connectivity index is 0.907. The van der Waals surface area contributed by atoms with Crippen LogP contribution >= 0.6 is 0 Å². The van der Waals surface area contributed by atoms with E-state index >= 15 is 0 Å². The first-order chi connectivity index (χ1) is 26.7. The predicted molar refractivity (Wildman–Crippen MR) is 212 cm³/mol. The summed E-state index contributed by atoms with van der Waals surface area (Å²) in [6, 6.07) is -0.931. The molecule has 56 heavy (non-hydrogen) atoms. The van der Waals surface area contributed by atoms with Crippen molar-refractivity contribution in [2.75, 3.05) is 13.2 Å². The summed E-state index contributed by atoms with van der Waals surface area (Å²) in [6.07, 6.45) is 19.3. The summed E-state index contributed by atoms with van der Waals surface area (Å²) < 4.78 is 11.3. The summed E-state index contributed by atoms with van der Waals surface area (Å²) in [5, 5.41) is 35.7. The van der Waals surface area contributed by atoms with Crippen molar-refractivity contribution >= 4 is 29.8 Å². The predicted octanol–water partition coefficient (Wildman–Crippen LogP) is 5.43. The minimum absolute atomic E-state index is 0.0354. The van der Waals surface area contributed by atoms with Gasteiger partial charge in [0.15, 0.2) is 5.96 Å². The molecule has 0 bridgehead atoms. The number of nitrogens with two attached hydrogens (primary N) is 2. The number of carboxylic acids is 1. The van der Waals surface area contributed by atoms with Crippen LogP contribution in [0.3, 0.4) is 0 Å². The fraction of sp³-hybridized carbons (Fsp3) is 0.837. The molecule has 4 fully saturated rings. The number of amides is 1. The standard InChI is InChI=1S/C43H70N4O9/c1-41-21-19-30(25-29(41)17-18-32-31(41)20-22-42(2)38(28-24-37(51)55-27-28)34(48)26-43(32,42)54)56-36(50)16-12-10-8-6-4-3-5-7-9-11-15-35(49)47-33(39(52)53)14-13-23-46-40(44)45/h24,29-34,38,48,54H,3-23,25-27H2,1-2H3,(H,47,49)(H,52,53)(H4,44,45,46)/t29-,30+,31+,32-,33+,34+,38+,41+,42-,43+/m1/s1. The first-order valence-electron chi connectivity index (χ1n) is 21.7. The number of rotatable bonds is 21. The van der Waals surface area contributed by atoms with E-state index in [0.717, 1.165) is 115 Å². The number of carbonyl (C=O) groups excluding carboxylic acids is 3. The number of esters is 2. The second-order valence-corrected chi connectivity index (χ2v) is 18.3. The molecule has 8 N–H and O–H groups in total. The highest BCUT2D eigenvalue weighted by molar-refractivity contribution is 5.85. The molecule has 13 nitrogen and oxygen atoms in total. The fourth-order valence-corrected chi connectivity index (χ4v) is 11.8. The quantitative estimate of drug-likeness (QED) is 0.0372. The number of unbranched alkanes of at least 4 members (excludes halogenated alkanes) is 9. The summed E-state index contributed by atoms with van der Waals surface area (Å²) >= 11 is 0. The Morgan fingerprint density at radius 1 is 0.929 bits per heavy atom. The molecular formula is C43H70N4O9. The summed E-state index contributed by atoms with van der Waals surface area (Å²) in [7, 11) is 0. The summed E-state index contributed by atoms with van der Waals surface area (Å²) in [5.74, 6) is -1.12. The van der Waals surface area contributed by atoms with Crippen LogP contribution in [0.15, 0.2) is 16.6 Å². The number of hydrogen-bond donors (Lipinski definition) is 6. The Bertz CT molecular complexity index is 1450. The van der Waals surface area contributed by atoms with Gasteiger partial charge in [-0.25, -0.2) is 9.59 Å². The van der Waals surface area contributed by atoms with Crippen LogP contribution in [0.4, 0.5) is 0 Å². The van der Waals surface area contributed by atoms with Crippen LogP contribution in [0.5, 0.6) is 0 Å². The van der Waals surface area contributed by atoms with E-state index in [-0.39, 0.29) is 60.2 Å². The molecule has 0 aromatic rings. The number of ether oxygens (including phenoxy) is 2. The minimum atomic E-state index is -1.05. The molecular weight excluding hydrogens is 716 g/mol. The Morgan fingerprint density at radius 2 is 1.59 bits per heavy atom. The van der Waals surface area contributed by atoms with E-state index in [4.69, 9.17) is 20.9 Å². The lowest BCUT2D eigenvalue weighted by Crippen LogP contribution is -2.62. The van der Waals surface area contributed by atoms with Gasteiger partial charge in [0.2, 0.25) is 5.91 Å². The number of aliphatic hydroxyl groups is 2. The number of fused-ring (bicyclic) bond motifs is 5. The number of carboxylic acid groups (broad SMARTS) is 1. The minimum Gasteiger partial charge on any atom is -0.480 e. The van der Waals surface area contributed by atoms with Crippen LogP contribution in [0.2, 0.25) is 0 Å². The van der Waals surface area contributed by atoms with Crippen LogP contribution < -0.4 is 16.8 Å². The molecule has 0 aromatic carbocycles. The molecule has 4 aliphatic carbocycles. The van der Waals surface area contributed by atoms with Crippen LogP contribution in [0, 0.1) is 34.5 Å². The Kier molecular flexibility index (Phi) is 15.3. The van der Waals surface area contributed by atoms with Gasteiger partial charge < -0.3 is 41.6 Å². The van der Waals surface area contributed by atoms with Crippen molar-refractivity contribution in [2.45, 2.75) is 179 Å². The SMILES string of the molecule is C[C@]12CC[C@H](OC(=O)CCCCCCCCCCCCC(=O)N[C@@H](CCCN=C(N)N)C(=O)O)C[C@H]1CC[C@@H]1[C@@H]2CC[C@]2(C)[C@@H](C3=CC(=O)OC3)[C@@H](O)C[C@]12O. The van der Waals surface area contributed by atoms with Crippen molar-refractivity contribution in [1.29, 1.82) is 0 Å². The van der Waals surface area contributed by atoms with Crippen LogP contribution in [0.25, 0.3) is 0 Å². The second-order valence-electron chi connectivity index (χ2n) is 18.3. The van der Waals surface area contributed by atoms with Gasteiger partial charge in [0.05, 0.1) is 11.7 Å². The zero-order chi connectivity index (χ0) is 40.5. The van der Waals surface area contributed by atoms with Gasteiger partial charge in [0, 0.05) is 43.2 Å². The number of aliphatic imine (C=N–C) groups is 1. The third-order valence-corrected chi connectivity index (χ3v) is 14.8. The number of nitrogens with one attached hydrogen (secondary N) is 1. The van der Waals surface area contributed by atoms with Crippen molar-refractivity contribution in [3.63, 3.8) is 0 Å². The third-order valence-electron chi connectivity index (χ3n) is 14.8. The van der Waals surface area contributed by atoms with Gasteiger partial charge in [0.25, 0.3) is 0 Å². The maximum atomic E-state index is 12.9. The van der Waals surface area contributed by atoms with Gasteiger partial charge >= 0.3 is 17.9 Å². The number of nitrogens with zero attached hydrogens (tertiary/aromatic N) is 1.